The van der Waals surface area contributed by atoms with Gasteiger partial charge in [0.15, 0.2) is 0 Å². The standard InChI is InChI=1S/C55H103NO5/c1-4-7-10-13-16-19-22-24-25-26-27-28-29-30-33-36-39-42-45-48-55(60)61-51(46-43-40-37-34-31-21-18-15-12-9-6-3)49-54(59)56-52(50-57)53(58)47-44-41-38-35-32-23-20-17-14-11-8-5-2/h16,19,24-25,34,37,51-53,57-58H,4-15,17-18,20-23,26-33,35-36,38-50H2,1-3H3,(H,56,59)/b19-16-,25-24-,37-34-. The molecule has 3 N–H and O–H groups in total. The van der Waals surface area contributed by atoms with E-state index in [1.165, 1.54) is 167 Å². The van der Waals surface area contributed by atoms with Gasteiger partial charge in [0.2, 0.25) is 5.91 Å². The number of aliphatic hydroxyl groups excluding tert-OH is 2. The number of carbonyl (C=O) groups excluding carboxylic acids is 2. The molecule has 6 nitrogen and oxygen atoms in total. The molecule has 61 heavy (non-hydrogen) atoms. The van der Waals surface area contributed by atoms with Crippen LogP contribution >= 0.6 is 0 Å². The van der Waals surface area contributed by atoms with Crippen molar-refractivity contribution in [3.8, 4) is 0 Å². The van der Waals surface area contributed by atoms with Gasteiger partial charge in [0, 0.05) is 6.42 Å². The number of amides is 1. The van der Waals surface area contributed by atoms with Gasteiger partial charge in [-0.1, -0.05) is 224 Å². The molecule has 0 heterocycles. The Morgan fingerprint density at radius 3 is 1.33 bits per heavy atom. The first-order valence-electron chi connectivity index (χ1n) is 26.7. The van der Waals surface area contributed by atoms with Gasteiger partial charge in [0.1, 0.15) is 6.10 Å². The summed E-state index contributed by atoms with van der Waals surface area (Å²) in [5.74, 6) is -0.499. The monoisotopic (exact) mass is 858 g/mol. The first-order valence-corrected chi connectivity index (χ1v) is 26.7. The summed E-state index contributed by atoms with van der Waals surface area (Å²) in [7, 11) is 0. The summed E-state index contributed by atoms with van der Waals surface area (Å²) in [5.41, 5.74) is 0. The number of allylic oxidation sites excluding steroid dienone is 6. The van der Waals surface area contributed by atoms with Crippen LogP contribution in [0.4, 0.5) is 0 Å². The fraction of sp³-hybridized carbons (Fsp3) is 0.855. The molecule has 0 aliphatic carbocycles. The summed E-state index contributed by atoms with van der Waals surface area (Å²) in [6.45, 7) is 6.45. The van der Waals surface area contributed by atoms with Crippen LogP contribution in [-0.2, 0) is 14.3 Å². The minimum atomic E-state index is -0.792. The van der Waals surface area contributed by atoms with E-state index in [0.29, 0.717) is 19.3 Å². The normalized spacial score (nSPS) is 13.5. The fourth-order valence-electron chi connectivity index (χ4n) is 8.11. The Morgan fingerprint density at radius 1 is 0.475 bits per heavy atom. The average molecular weight is 858 g/mol. The summed E-state index contributed by atoms with van der Waals surface area (Å²) in [6, 6.07) is -0.707. The largest absolute Gasteiger partial charge is 0.462 e. The highest BCUT2D eigenvalue weighted by molar-refractivity contribution is 5.77. The molecule has 0 aliphatic heterocycles. The van der Waals surface area contributed by atoms with Crippen molar-refractivity contribution in [3.63, 3.8) is 0 Å². The number of rotatable bonds is 48. The third-order valence-electron chi connectivity index (χ3n) is 12.2. The van der Waals surface area contributed by atoms with Crippen LogP contribution in [0.3, 0.4) is 0 Å². The molecule has 0 spiro atoms. The van der Waals surface area contributed by atoms with E-state index in [9.17, 15) is 19.8 Å². The lowest BCUT2D eigenvalue weighted by Crippen LogP contribution is -2.46. The van der Waals surface area contributed by atoms with E-state index >= 15 is 0 Å². The smallest absolute Gasteiger partial charge is 0.306 e. The van der Waals surface area contributed by atoms with Crippen LogP contribution in [0, 0.1) is 0 Å². The van der Waals surface area contributed by atoms with Crippen LogP contribution in [-0.4, -0.2) is 46.9 Å². The van der Waals surface area contributed by atoms with Gasteiger partial charge in [-0.2, -0.15) is 0 Å². The molecule has 0 fully saturated rings. The van der Waals surface area contributed by atoms with Gasteiger partial charge < -0.3 is 20.3 Å². The highest BCUT2D eigenvalue weighted by Gasteiger charge is 2.24. The summed E-state index contributed by atoms with van der Waals surface area (Å²) >= 11 is 0. The molecule has 6 heteroatoms. The van der Waals surface area contributed by atoms with Gasteiger partial charge in [-0.15, -0.1) is 0 Å². The number of carbonyl (C=O) groups is 2. The molecule has 0 saturated carbocycles. The fourth-order valence-corrected chi connectivity index (χ4v) is 8.11. The first kappa shape index (κ1) is 59.1. The Hall–Kier alpha value is -1.92. The second-order valence-corrected chi connectivity index (χ2v) is 18.3. The molecule has 0 saturated heterocycles. The van der Waals surface area contributed by atoms with Crippen molar-refractivity contribution in [1.29, 1.82) is 0 Å². The molecule has 3 unspecified atom stereocenters. The lowest BCUT2D eigenvalue weighted by atomic mass is 10.0. The summed E-state index contributed by atoms with van der Waals surface area (Å²) in [4.78, 5) is 26.1. The van der Waals surface area contributed by atoms with Crippen molar-refractivity contribution in [2.75, 3.05) is 6.61 Å². The Labute approximate surface area is 379 Å². The van der Waals surface area contributed by atoms with Crippen molar-refractivity contribution in [2.24, 2.45) is 0 Å². The highest BCUT2D eigenvalue weighted by atomic mass is 16.5. The third kappa shape index (κ3) is 44.5. The second kappa shape index (κ2) is 49.1. The molecule has 0 aliphatic rings. The molecule has 0 rings (SSSR count). The van der Waals surface area contributed by atoms with Gasteiger partial charge in [-0.05, 0) is 77.0 Å². The van der Waals surface area contributed by atoms with E-state index in [0.717, 1.165) is 64.2 Å². The first-order chi connectivity index (χ1) is 30.0. The molecular formula is C55H103NO5. The van der Waals surface area contributed by atoms with Gasteiger partial charge in [-0.25, -0.2) is 0 Å². The highest BCUT2D eigenvalue weighted by Crippen LogP contribution is 2.17. The lowest BCUT2D eigenvalue weighted by Gasteiger charge is -2.24. The second-order valence-electron chi connectivity index (χ2n) is 18.3. The molecular weight excluding hydrogens is 755 g/mol. The molecule has 358 valence electrons. The molecule has 1 amide bonds. The number of aliphatic hydroxyl groups is 2. The number of hydrogen-bond acceptors (Lipinski definition) is 5. The van der Waals surface area contributed by atoms with Crippen LogP contribution in [0.15, 0.2) is 36.5 Å². The molecule has 0 aromatic rings. The number of unbranched alkanes of at least 4 members (excludes halogenated alkanes) is 30. The van der Waals surface area contributed by atoms with Crippen molar-refractivity contribution >= 4 is 11.9 Å². The SMILES string of the molecule is CCCCC/C=C\C/C=C\CCCCCCCCCCCC(=O)OC(CCC/C=C\CCCCCCCC)CC(=O)NC(CO)C(O)CCCCCCCCCCCCCC. The molecule has 3 atom stereocenters. The molecule has 0 radical (unpaired) electrons. The minimum Gasteiger partial charge on any atom is -0.462 e. The zero-order valence-electron chi connectivity index (χ0n) is 40.8. The third-order valence-corrected chi connectivity index (χ3v) is 12.2. The van der Waals surface area contributed by atoms with Crippen LogP contribution < -0.4 is 5.32 Å². The van der Waals surface area contributed by atoms with Crippen molar-refractivity contribution in [1.82, 2.24) is 5.32 Å². The molecule has 0 bridgehead atoms. The lowest BCUT2D eigenvalue weighted by molar-refractivity contribution is -0.151. The number of nitrogens with one attached hydrogen (secondary N) is 1. The maximum atomic E-state index is 13.2. The van der Waals surface area contributed by atoms with Crippen molar-refractivity contribution in [3.05, 3.63) is 36.5 Å². The zero-order chi connectivity index (χ0) is 44.5. The number of hydrogen-bond donors (Lipinski definition) is 3. The van der Waals surface area contributed by atoms with E-state index in [1.54, 1.807) is 0 Å². The van der Waals surface area contributed by atoms with E-state index in [2.05, 4.69) is 62.5 Å². The van der Waals surface area contributed by atoms with Crippen LogP contribution in [0.1, 0.15) is 278 Å². The Morgan fingerprint density at radius 2 is 0.852 bits per heavy atom. The maximum Gasteiger partial charge on any atom is 0.306 e. The quantitative estimate of drug-likeness (QED) is 0.0322. The van der Waals surface area contributed by atoms with Gasteiger partial charge in [0.05, 0.1) is 25.2 Å². The van der Waals surface area contributed by atoms with Gasteiger partial charge >= 0.3 is 5.97 Å². The maximum absolute atomic E-state index is 13.2. The predicted octanol–water partition coefficient (Wildman–Crippen LogP) is 16.1. The van der Waals surface area contributed by atoms with E-state index in [-0.39, 0.29) is 24.9 Å². The Kier molecular flexibility index (Phi) is 47.6. The summed E-state index contributed by atoms with van der Waals surface area (Å²) in [6.07, 6.45) is 57.8. The summed E-state index contributed by atoms with van der Waals surface area (Å²) in [5, 5.41) is 23.7. The van der Waals surface area contributed by atoms with Crippen LogP contribution in [0.5, 0.6) is 0 Å². The minimum absolute atomic E-state index is 0.0574. The molecule has 0 aromatic carbocycles. The Balaban J connectivity index is 4.50. The predicted molar refractivity (Wildman–Crippen MR) is 264 cm³/mol. The summed E-state index contributed by atoms with van der Waals surface area (Å²) < 4.78 is 5.92. The molecule has 0 aromatic heterocycles. The number of ether oxygens (including phenoxy) is 1. The van der Waals surface area contributed by atoms with Gasteiger partial charge in [-0.3, -0.25) is 9.59 Å². The average Bonchev–Trinajstić information content (AvgIpc) is 3.25. The number of esters is 1. The van der Waals surface area contributed by atoms with E-state index in [4.69, 9.17) is 4.74 Å². The van der Waals surface area contributed by atoms with Crippen LogP contribution in [0.2, 0.25) is 0 Å². The zero-order valence-corrected chi connectivity index (χ0v) is 40.8. The van der Waals surface area contributed by atoms with Crippen molar-refractivity contribution in [2.45, 2.75) is 296 Å². The van der Waals surface area contributed by atoms with E-state index < -0.39 is 18.2 Å². The van der Waals surface area contributed by atoms with E-state index in [1.807, 2.05) is 0 Å². The Bertz CT molecular complexity index is 1010. The van der Waals surface area contributed by atoms with Crippen LogP contribution in [0.25, 0.3) is 0 Å². The van der Waals surface area contributed by atoms with Gasteiger partial charge in [0.25, 0.3) is 0 Å². The van der Waals surface area contributed by atoms with Crippen molar-refractivity contribution < 1.29 is 24.5 Å². The topological polar surface area (TPSA) is 95.9 Å².